The van der Waals surface area contributed by atoms with Crippen molar-refractivity contribution >= 4 is 11.8 Å². The van der Waals surface area contributed by atoms with Gasteiger partial charge in [0.05, 0.1) is 12.6 Å². The van der Waals surface area contributed by atoms with E-state index in [1.807, 2.05) is 6.92 Å². The molecule has 80 valence electrons. The van der Waals surface area contributed by atoms with Crippen LogP contribution < -0.4 is 10.6 Å². The number of carbonyl (C=O) groups is 2. The van der Waals surface area contributed by atoms with Gasteiger partial charge < -0.3 is 0 Å². The zero-order valence-electron chi connectivity index (χ0n) is 9.18. The van der Waals surface area contributed by atoms with Gasteiger partial charge in [-0.05, 0) is 11.3 Å². The third kappa shape index (κ3) is 2.32. The Hall–Kier alpha value is -0.900. The number of imide groups is 1. The van der Waals surface area contributed by atoms with Crippen LogP contribution in [-0.4, -0.2) is 24.4 Å². The lowest BCUT2D eigenvalue weighted by molar-refractivity contribution is -0.136. The summed E-state index contributed by atoms with van der Waals surface area (Å²) in [5.74, 6) is -0.258. The zero-order valence-corrected chi connectivity index (χ0v) is 9.18. The predicted octanol–water partition coefficient (Wildman–Crippen LogP) is 0.283. The minimum atomic E-state index is -0.257. The Labute approximate surface area is 84.4 Å². The summed E-state index contributed by atoms with van der Waals surface area (Å²) in [6.45, 7) is 8.51. The maximum atomic E-state index is 11.5. The van der Waals surface area contributed by atoms with E-state index in [9.17, 15) is 9.59 Å². The van der Waals surface area contributed by atoms with Crippen molar-refractivity contribution in [1.82, 2.24) is 10.6 Å². The summed E-state index contributed by atoms with van der Waals surface area (Å²) < 4.78 is 0. The van der Waals surface area contributed by atoms with Crippen molar-refractivity contribution in [2.75, 3.05) is 6.54 Å². The second-order valence-corrected chi connectivity index (χ2v) is 4.93. The highest BCUT2D eigenvalue weighted by Gasteiger charge is 2.36. The molecule has 2 N–H and O–H groups in total. The molecular formula is C10H18N2O2. The summed E-state index contributed by atoms with van der Waals surface area (Å²) in [5, 5.41) is 5.31. The molecule has 2 amide bonds. The van der Waals surface area contributed by atoms with Gasteiger partial charge in [0.1, 0.15) is 0 Å². The molecule has 1 aliphatic rings. The van der Waals surface area contributed by atoms with Crippen molar-refractivity contribution in [2.24, 2.45) is 11.3 Å². The molecule has 0 aromatic rings. The molecule has 2 atom stereocenters. The number of carbonyl (C=O) groups excluding carboxylic acids is 2. The molecule has 4 nitrogen and oxygen atoms in total. The van der Waals surface area contributed by atoms with Crippen LogP contribution in [0.5, 0.6) is 0 Å². The fourth-order valence-electron chi connectivity index (χ4n) is 1.46. The van der Waals surface area contributed by atoms with Crippen LogP contribution in [0.15, 0.2) is 0 Å². The maximum Gasteiger partial charge on any atom is 0.244 e. The molecule has 4 heteroatoms. The molecule has 1 aliphatic heterocycles. The lowest BCUT2D eigenvalue weighted by Gasteiger charge is -2.35. The van der Waals surface area contributed by atoms with E-state index in [2.05, 4.69) is 31.4 Å². The van der Waals surface area contributed by atoms with E-state index in [0.29, 0.717) is 0 Å². The molecule has 0 radical (unpaired) electrons. The van der Waals surface area contributed by atoms with Gasteiger partial charge in [0.25, 0.3) is 0 Å². The van der Waals surface area contributed by atoms with Crippen molar-refractivity contribution < 1.29 is 9.59 Å². The molecule has 2 unspecified atom stereocenters. The van der Waals surface area contributed by atoms with Crippen molar-refractivity contribution in [3.63, 3.8) is 0 Å². The maximum absolute atomic E-state index is 11.5. The van der Waals surface area contributed by atoms with E-state index < -0.39 is 0 Å². The molecule has 0 aliphatic carbocycles. The molecule has 1 saturated heterocycles. The van der Waals surface area contributed by atoms with E-state index in [4.69, 9.17) is 0 Å². The van der Waals surface area contributed by atoms with Crippen LogP contribution in [0.2, 0.25) is 0 Å². The Morgan fingerprint density at radius 3 is 2.36 bits per heavy atom. The molecular weight excluding hydrogens is 180 g/mol. The van der Waals surface area contributed by atoms with Crippen molar-refractivity contribution in [3.8, 4) is 0 Å². The van der Waals surface area contributed by atoms with Gasteiger partial charge >= 0.3 is 0 Å². The molecule has 0 spiro atoms. The fourth-order valence-corrected chi connectivity index (χ4v) is 1.46. The monoisotopic (exact) mass is 198 g/mol. The average molecular weight is 198 g/mol. The fraction of sp³-hybridized carbons (Fsp3) is 0.800. The van der Waals surface area contributed by atoms with Crippen LogP contribution in [-0.2, 0) is 9.59 Å². The highest BCUT2D eigenvalue weighted by molar-refractivity contribution is 6.01. The Kier molecular flexibility index (Phi) is 2.95. The van der Waals surface area contributed by atoms with Gasteiger partial charge in [0, 0.05) is 0 Å². The molecule has 14 heavy (non-hydrogen) atoms. The standard InChI is InChI=1S/C10H18N2O2/c1-6(10(2,3)4)8-9(14)12-7(13)5-11-8/h6,8,11H,5H2,1-4H3,(H,12,13,14). The third-order valence-electron chi connectivity index (χ3n) is 2.89. The first-order valence-corrected chi connectivity index (χ1v) is 4.89. The minimum Gasteiger partial charge on any atom is -0.297 e. The first-order chi connectivity index (χ1) is 6.32. The third-order valence-corrected chi connectivity index (χ3v) is 2.89. The number of hydrogen-bond acceptors (Lipinski definition) is 3. The Morgan fingerprint density at radius 1 is 1.36 bits per heavy atom. The van der Waals surface area contributed by atoms with E-state index in [1.54, 1.807) is 0 Å². The largest absolute Gasteiger partial charge is 0.297 e. The Morgan fingerprint density at radius 2 is 1.93 bits per heavy atom. The van der Waals surface area contributed by atoms with Crippen molar-refractivity contribution in [1.29, 1.82) is 0 Å². The van der Waals surface area contributed by atoms with E-state index in [-0.39, 0.29) is 35.7 Å². The number of nitrogens with one attached hydrogen (secondary N) is 2. The summed E-state index contributed by atoms with van der Waals surface area (Å²) in [7, 11) is 0. The first-order valence-electron chi connectivity index (χ1n) is 4.89. The van der Waals surface area contributed by atoms with E-state index in [1.165, 1.54) is 0 Å². The number of rotatable bonds is 1. The van der Waals surface area contributed by atoms with Crippen LogP contribution in [0, 0.1) is 11.3 Å². The molecule has 0 aromatic heterocycles. The van der Waals surface area contributed by atoms with Gasteiger partial charge in [-0.1, -0.05) is 27.7 Å². The first kappa shape index (κ1) is 11.2. The molecule has 0 bridgehead atoms. The molecule has 1 rings (SSSR count). The SMILES string of the molecule is CC(C1NCC(=O)NC1=O)C(C)(C)C. The highest BCUT2D eigenvalue weighted by Crippen LogP contribution is 2.28. The number of amides is 2. The Balaban J connectivity index is 2.70. The summed E-state index contributed by atoms with van der Waals surface area (Å²) in [5.41, 5.74) is 0.0510. The van der Waals surface area contributed by atoms with Crippen LogP contribution in [0.3, 0.4) is 0 Å². The topological polar surface area (TPSA) is 58.2 Å². The second-order valence-electron chi connectivity index (χ2n) is 4.93. The second kappa shape index (κ2) is 3.69. The molecule has 0 saturated carbocycles. The van der Waals surface area contributed by atoms with Crippen molar-refractivity contribution in [2.45, 2.75) is 33.7 Å². The average Bonchev–Trinajstić information content (AvgIpc) is 2.01. The van der Waals surface area contributed by atoms with Gasteiger partial charge in [-0.15, -0.1) is 0 Å². The zero-order chi connectivity index (χ0) is 10.9. The van der Waals surface area contributed by atoms with Gasteiger partial charge in [0.15, 0.2) is 0 Å². The van der Waals surface area contributed by atoms with Gasteiger partial charge in [-0.3, -0.25) is 20.2 Å². The van der Waals surface area contributed by atoms with Gasteiger partial charge in [-0.25, -0.2) is 0 Å². The van der Waals surface area contributed by atoms with E-state index >= 15 is 0 Å². The smallest absolute Gasteiger partial charge is 0.244 e. The van der Waals surface area contributed by atoms with Crippen molar-refractivity contribution in [3.05, 3.63) is 0 Å². The normalized spacial score (nSPS) is 25.9. The Bertz CT molecular complexity index is 255. The molecule has 0 aromatic carbocycles. The number of hydrogen-bond donors (Lipinski definition) is 2. The summed E-state index contributed by atoms with van der Waals surface area (Å²) in [6, 6.07) is -0.257. The van der Waals surface area contributed by atoms with E-state index in [0.717, 1.165) is 0 Å². The summed E-state index contributed by atoms with van der Waals surface area (Å²) in [6.07, 6.45) is 0. The van der Waals surface area contributed by atoms with Gasteiger partial charge in [-0.2, -0.15) is 0 Å². The lowest BCUT2D eigenvalue weighted by Crippen LogP contribution is -2.60. The predicted molar refractivity (Wildman–Crippen MR) is 53.6 cm³/mol. The lowest BCUT2D eigenvalue weighted by atomic mass is 9.77. The summed E-state index contributed by atoms with van der Waals surface area (Å²) in [4.78, 5) is 22.4. The molecule has 1 fully saturated rings. The highest BCUT2D eigenvalue weighted by atomic mass is 16.2. The van der Waals surface area contributed by atoms with Gasteiger partial charge in [0.2, 0.25) is 11.8 Å². The van der Waals surface area contributed by atoms with Crippen LogP contribution in [0.4, 0.5) is 0 Å². The molecule has 1 heterocycles. The van der Waals surface area contributed by atoms with Crippen LogP contribution in [0.1, 0.15) is 27.7 Å². The van der Waals surface area contributed by atoms with Crippen LogP contribution in [0.25, 0.3) is 0 Å². The van der Waals surface area contributed by atoms with Crippen LogP contribution >= 0.6 is 0 Å². The quantitative estimate of drug-likeness (QED) is 0.595. The minimum absolute atomic E-state index is 0.0510. The number of piperazine rings is 1. The summed E-state index contributed by atoms with van der Waals surface area (Å²) >= 11 is 0.